The van der Waals surface area contributed by atoms with Crippen molar-refractivity contribution in [2.45, 2.75) is 40.3 Å². The molecule has 0 bridgehead atoms. The van der Waals surface area contributed by atoms with E-state index in [4.69, 9.17) is 9.15 Å². The average Bonchev–Trinajstić information content (AvgIpc) is 3.12. The van der Waals surface area contributed by atoms with Gasteiger partial charge in [0.25, 0.3) is 5.56 Å². The van der Waals surface area contributed by atoms with Crippen LogP contribution in [0.4, 0.5) is 0 Å². The zero-order valence-corrected chi connectivity index (χ0v) is 15.4. The number of hydrogen-bond acceptors (Lipinski definition) is 5. The van der Waals surface area contributed by atoms with Crippen LogP contribution in [0.1, 0.15) is 26.0 Å². The smallest absolute Gasteiger partial charge is 0.291 e. The summed E-state index contributed by atoms with van der Waals surface area (Å²) >= 11 is 0. The van der Waals surface area contributed by atoms with Crippen LogP contribution in [0.25, 0.3) is 22.0 Å². The summed E-state index contributed by atoms with van der Waals surface area (Å²) in [7, 11) is 0. The van der Waals surface area contributed by atoms with Crippen LogP contribution in [0, 0.1) is 6.92 Å². The van der Waals surface area contributed by atoms with E-state index < -0.39 is 0 Å². The largest absolute Gasteiger partial charge is 0.459 e. The maximum absolute atomic E-state index is 12.8. The molecular formula is C18H24N4O4. The van der Waals surface area contributed by atoms with Gasteiger partial charge >= 0.3 is 0 Å². The van der Waals surface area contributed by atoms with Gasteiger partial charge in [-0.05, 0) is 27.2 Å². The van der Waals surface area contributed by atoms with Gasteiger partial charge in [0.1, 0.15) is 17.8 Å². The summed E-state index contributed by atoms with van der Waals surface area (Å²) in [5.41, 5.74) is 1.76. The molecule has 1 amide bonds. The Morgan fingerprint density at radius 3 is 2.92 bits per heavy atom. The molecule has 0 aliphatic carbocycles. The molecule has 0 radical (unpaired) electrons. The van der Waals surface area contributed by atoms with Crippen molar-refractivity contribution in [3.8, 4) is 0 Å². The van der Waals surface area contributed by atoms with Crippen molar-refractivity contribution in [1.82, 2.24) is 19.7 Å². The van der Waals surface area contributed by atoms with E-state index >= 15 is 0 Å². The van der Waals surface area contributed by atoms with E-state index in [9.17, 15) is 9.59 Å². The number of furan rings is 1. The molecule has 8 nitrogen and oxygen atoms in total. The third kappa shape index (κ3) is 3.37. The standard InChI is InChI=1S/C18H24N4O4/c1-4-21-14-9-12(3)26-17(14)13-10-20-22(18(24)16(13)21)11-15(23)19-7-6-8-25-5-2/h9-10H,4-8,11H2,1-3H3,(H,19,23). The summed E-state index contributed by atoms with van der Waals surface area (Å²) < 4.78 is 14.0. The number of nitrogens with zero attached hydrogens (tertiary/aromatic N) is 3. The van der Waals surface area contributed by atoms with Gasteiger partial charge in [-0.1, -0.05) is 0 Å². The number of aromatic nitrogens is 3. The van der Waals surface area contributed by atoms with Crippen molar-refractivity contribution < 1.29 is 13.9 Å². The summed E-state index contributed by atoms with van der Waals surface area (Å²) in [6.07, 6.45) is 2.33. The highest BCUT2D eigenvalue weighted by molar-refractivity contribution is 6.04. The molecule has 0 aliphatic heterocycles. The minimum absolute atomic E-state index is 0.112. The average molecular weight is 360 g/mol. The number of carbonyl (C=O) groups is 1. The lowest BCUT2D eigenvalue weighted by molar-refractivity contribution is -0.121. The lowest BCUT2D eigenvalue weighted by Crippen LogP contribution is -2.34. The summed E-state index contributed by atoms with van der Waals surface area (Å²) in [4.78, 5) is 24.9. The molecule has 3 rings (SSSR count). The molecule has 0 aromatic carbocycles. The van der Waals surface area contributed by atoms with Crippen molar-refractivity contribution in [2.75, 3.05) is 19.8 Å². The van der Waals surface area contributed by atoms with Crippen molar-refractivity contribution in [2.24, 2.45) is 0 Å². The second kappa shape index (κ2) is 7.74. The van der Waals surface area contributed by atoms with Crippen molar-refractivity contribution in [3.63, 3.8) is 0 Å². The molecule has 0 unspecified atom stereocenters. The molecule has 0 fully saturated rings. The highest BCUT2D eigenvalue weighted by Crippen LogP contribution is 2.29. The zero-order valence-electron chi connectivity index (χ0n) is 15.4. The van der Waals surface area contributed by atoms with Crippen LogP contribution in [0.5, 0.6) is 0 Å². The number of rotatable bonds is 8. The Bertz CT molecular complexity index is 983. The minimum atomic E-state index is -0.294. The molecule has 0 saturated heterocycles. The van der Waals surface area contributed by atoms with Gasteiger partial charge in [0.05, 0.1) is 17.1 Å². The van der Waals surface area contributed by atoms with Crippen LogP contribution in [-0.2, 0) is 22.6 Å². The second-order valence-corrected chi connectivity index (χ2v) is 6.09. The van der Waals surface area contributed by atoms with Gasteiger partial charge in [-0.25, -0.2) is 4.68 Å². The van der Waals surface area contributed by atoms with Crippen LogP contribution in [0.2, 0.25) is 0 Å². The Morgan fingerprint density at radius 1 is 1.38 bits per heavy atom. The first kappa shape index (κ1) is 18.2. The van der Waals surface area contributed by atoms with Gasteiger partial charge in [0.2, 0.25) is 5.91 Å². The SMILES string of the molecule is CCOCCCNC(=O)Cn1ncc2c3oc(C)cc3n(CC)c2c1=O. The molecule has 3 heterocycles. The first-order chi connectivity index (χ1) is 12.6. The van der Waals surface area contributed by atoms with E-state index in [1.807, 2.05) is 31.4 Å². The highest BCUT2D eigenvalue weighted by atomic mass is 16.5. The quantitative estimate of drug-likeness (QED) is 0.619. The van der Waals surface area contributed by atoms with E-state index in [1.165, 1.54) is 4.68 Å². The molecule has 0 atom stereocenters. The zero-order chi connectivity index (χ0) is 18.7. The molecule has 3 aromatic rings. The van der Waals surface area contributed by atoms with Crippen LogP contribution in [0.15, 0.2) is 21.5 Å². The molecular weight excluding hydrogens is 336 g/mol. The van der Waals surface area contributed by atoms with E-state index in [1.54, 1.807) is 6.20 Å². The van der Waals surface area contributed by atoms with E-state index in [-0.39, 0.29) is 18.0 Å². The number of nitrogens with one attached hydrogen (secondary N) is 1. The van der Waals surface area contributed by atoms with Gasteiger partial charge < -0.3 is 19.0 Å². The Labute approximate surface area is 150 Å². The number of aryl methyl sites for hydroxylation is 2. The monoisotopic (exact) mass is 360 g/mol. The van der Waals surface area contributed by atoms with Crippen LogP contribution in [-0.4, -0.2) is 40.0 Å². The molecule has 8 heteroatoms. The second-order valence-electron chi connectivity index (χ2n) is 6.09. The number of fused-ring (bicyclic) bond motifs is 3. The fraction of sp³-hybridized carbons (Fsp3) is 0.500. The molecule has 0 saturated carbocycles. The number of carbonyl (C=O) groups excluding carboxylic acids is 1. The number of amides is 1. The summed E-state index contributed by atoms with van der Waals surface area (Å²) in [5.74, 6) is 0.541. The molecule has 0 aliphatic rings. The number of ether oxygens (including phenoxy) is 1. The fourth-order valence-electron chi connectivity index (χ4n) is 3.10. The van der Waals surface area contributed by atoms with Crippen molar-refractivity contribution in [1.29, 1.82) is 0 Å². The maximum atomic E-state index is 12.8. The lowest BCUT2D eigenvalue weighted by atomic mass is 10.3. The van der Waals surface area contributed by atoms with Crippen molar-refractivity contribution >= 4 is 27.9 Å². The van der Waals surface area contributed by atoms with Crippen LogP contribution < -0.4 is 10.9 Å². The minimum Gasteiger partial charge on any atom is -0.459 e. The Hall–Kier alpha value is -2.61. The van der Waals surface area contributed by atoms with E-state index in [0.717, 1.165) is 17.7 Å². The topological polar surface area (TPSA) is 91.3 Å². The summed E-state index contributed by atoms with van der Waals surface area (Å²) in [5, 5.41) is 7.61. The maximum Gasteiger partial charge on any atom is 0.291 e. The molecule has 3 aromatic heterocycles. The van der Waals surface area contributed by atoms with E-state index in [2.05, 4.69) is 10.4 Å². The van der Waals surface area contributed by atoms with Gasteiger partial charge in [-0.3, -0.25) is 9.59 Å². The molecule has 1 N–H and O–H groups in total. The normalized spacial score (nSPS) is 11.5. The van der Waals surface area contributed by atoms with Gasteiger partial charge in [0.15, 0.2) is 5.58 Å². The predicted molar refractivity (Wildman–Crippen MR) is 98.3 cm³/mol. The number of hydrogen-bond donors (Lipinski definition) is 1. The molecule has 0 spiro atoms. The van der Waals surface area contributed by atoms with Gasteiger partial charge in [0, 0.05) is 32.4 Å². The summed E-state index contributed by atoms with van der Waals surface area (Å²) in [6.45, 7) is 8.05. The highest BCUT2D eigenvalue weighted by Gasteiger charge is 2.19. The lowest BCUT2D eigenvalue weighted by Gasteiger charge is -2.08. The van der Waals surface area contributed by atoms with Gasteiger partial charge in [-0.15, -0.1) is 0 Å². The third-order valence-electron chi connectivity index (χ3n) is 4.26. The Morgan fingerprint density at radius 2 is 2.19 bits per heavy atom. The third-order valence-corrected chi connectivity index (χ3v) is 4.26. The Balaban J connectivity index is 1.83. The molecule has 26 heavy (non-hydrogen) atoms. The van der Waals surface area contributed by atoms with Crippen molar-refractivity contribution in [3.05, 3.63) is 28.4 Å². The predicted octanol–water partition coefficient (Wildman–Crippen LogP) is 1.82. The Kier molecular flexibility index (Phi) is 5.41. The fourth-order valence-corrected chi connectivity index (χ4v) is 3.10. The first-order valence-corrected chi connectivity index (χ1v) is 8.89. The first-order valence-electron chi connectivity index (χ1n) is 8.89. The van der Waals surface area contributed by atoms with Crippen LogP contribution in [0.3, 0.4) is 0 Å². The summed E-state index contributed by atoms with van der Waals surface area (Å²) in [6, 6.07) is 1.91. The van der Waals surface area contributed by atoms with E-state index in [0.29, 0.717) is 42.8 Å². The molecule has 140 valence electrons. The van der Waals surface area contributed by atoms with Gasteiger partial charge in [-0.2, -0.15) is 5.10 Å². The van der Waals surface area contributed by atoms with Crippen LogP contribution >= 0.6 is 0 Å².